The lowest BCUT2D eigenvalue weighted by molar-refractivity contribution is 0.135. The highest BCUT2D eigenvalue weighted by atomic mass is 35.5. The molecule has 4 nitrogen and oxygen atoms in total. The third kappa shape index (κ3) is 2.57. The first kappa shape index (κ1) is 14.2. The monoisotopic (exact) mass is 303 g/mol. The van der Waals surface area contributed by atoms with Gasteiger partial charge in [-0.15, -0.1) is 0 Å². The van der Waals surface area contributed by atoms with E-state index in [0.717, 1.165) is 21.6 Å². The molecule has 3 rings (SSSR count). The van der Waals surface area contributed by atoms with E-state index in [4.69, 9.17) is 11.6 Å². The van der Waals surface area contributed by atoms with Gasteiger partial charge in [-0.3, -0.25) is 0 Å². The standard InChI is InChI=1S/C16H18ClN3O/c1-11-12(2)20(16-14(11)4-3-5-15(16)17)9-13(21)8-19-7-6-18-10-19/h3-7,10,13,21H,8-9H2,1-2H3/t13-/m1/s1. The summed E-state index contributed by atoms with van der Waals surface area (Å²) in [5.41, 5.74) is 3.35. The predicted octanol–water partition coefficient (Wildman–Crippen LogP) is 3.17. The van der Waals surface area contributed by atoms with Crippen LogP contribution < -0.4 is 0 Å². The van der Waals surface area contributed by atoms with Gasteiger partial charge in [0.15, 0.2) is 0 Å². The summed E-state index contributed by atoms with van der Waals surface area (Å²) < 4.78 is 3.98. The maximum atomic E-state index is 10.3. The number of rotatable bonds is 4. The Morgan fingerprint density at radius 1 is 1.29 bits per heavy atom. The molecular formula is C16H18ClN3O. The minimum Gasteiger partial charge on any atom is -0.389 e. The fourth-order valence-corrected chi connectivity index (χ4v) is 3.07. The van der Waals surface area contributed by atoms with Gasteiger partial charge >= 0.3 is 0 Å². The van der Waals surface area contributed by atoms with Gasteiger partial charge in [0.2, 0.25) is 0 Å². The zero-order valence-corrected chi connectivity index (χ0v) is 12.9. The molecule has 110 valence electrons. The number of aromatic nitrogens is 3. The molecule has 0 aliphatic carbocycles. The van der Waals surface area contributed by atoms with Gasteiger partial charge in [-0.2, -0.15) is 0 Å². The van der Waals surface area contributed by atoms with E-state index in [-0.39, 0.29) is 0 Å². The van der Waals surface area contributed by atoms with Gasteiger partial charge in [-0.1, -0.05) is 23.7 Å². The molecular weight excluding hydrogens is 286 g/mol. The van der Waals surface area contributed by atoms with E-state index in [1.54, 1.807) is 12.5 Å². The maximum absolute atomic E-state index is 10.3. The molecule has 3 aromatic rings. The minimum atomic E-state index is -0.496. The lowest BCUT2D eigenvalue weighted by Gasteiger charge is -2.15. The molecule has 0 radical (unpaired) electrons. The smallest absolute Gasteiger partial charge is 0.0946 e. The molecule has 0 saturated heterocycles. The lowest BCUT2D eigenvalue weighted by Crippen LogP contribution is -2.22. The number of para-hydroxylation sites is 1. The second-order valence-corrected chi connectivity index (χ2v) is 5.78. The molecule has 0 unspecified atom stereocenters. The SMILES string of the molecule is Cc1c(C)n(C[C@H](O)Cn2ccnc2)c2c(Cl)cccc12. The Kier molecular flexibility index (Phi) is 3.74. The number of imidazole rings is 1. The Balaban J connectivity index is 1.95. The summed E-state index contributed by atoms with van der Waals surface area (Å²) in [6, 6.07) is 5.92. The Bertz CT molecular complexity index is 762. The number of fused-ring (bicyclic) bond motifs is 1. The van der Waals surface area contributed by atoms with Crippen LogP contribution >= 0.6 is 11.6 Å². The van der Waals surface area contributed by atoms with Crippen LogP contribution in [0.4, 0.5) is 0 Å². The first-order valence-electron chi connectivity index (χ1n) is 6.95. The highest BCUT2D eigenvalue weighted by molar-refractivity contribution is 6.35. The van der Waals surface area contributed by atoms with E-state index >= 15 is 0 Å². The van der Waals surface area contributed by atoms with Crippen LogP contribution in [-0.2, 0) is 13.1 Å². The van der Waals surface area contributed by atoms with Crippen molar-refractivity contribution in [3.63, 3.8) is 0 Å². The van der Waals surface area contributed by atoms with Crippen molar-refractivity contribution in [3.8, 4) is 0 Å². The molecule has 0 fully saturated rings. The first-order valence-corrected chi connectivity index (χ1v) is 7.33. The molecule has 1 atom stereocenters. The quantitative estimate of drug-likeness (QED) is 0.804. The van der Waals surface area contributed by atoms with Crippen LogP contribution in [0.1, 0.15) is 11.3 Å². The second-order valence-electron chi connectivity index (χ2n) is 5.37. The number of hydrogen-bond donors (Lipinski definition) is 1. The number of benzene rings is 1. The van der Waals surface area contributed by atoms with E-state index in [9.17, 15) is 5.11 Å². The summed E-state index contributed by atoms with van der Waals surface area (Å²) in [5, 5.41) is 12.2. The van der Waals surface area contributed by atoms with Gasteiger partial charge < -0.3 is 14.2 Å². The molecule has 1 N–H and O–H groups in total. The topological polar surface area (TPSA) is 43.0 Å². The van der Waals surface area contributed by atoms with Crippen molar-refractivity contribution in [3.05, 3.63) is 53.2 Å². The zero-order valence-electron chi connectivity index (χ0n) is 12.1. The van der Waals surface area contributed by atoms with Crippen molar-refractivity contribution in [1.29, 1.82) is 0 Å². The first-order chi connectivity index (χ1) is 10.1. The minimum absolute atomic E-state index is 0.496. The second kappa shape index (κ2) is 5.54. The number of hydrogen-bond acceptors (Lipinski definition) is 2. The van der Waals surface area contributed by atoms with Gasteiger partial charge in [0.25, 0.3) is 0 Å². The van der Waals surface area contributed by atoms with E-state index in [1.807, 2.05) is 22.9 Å². The Morgan fingerprint density at radius 2 is 2.10 bits per heavy atom. The van der Waals surface area contributed by atoms with Crippen molar-refractivity contribution in [2.75, 3.05) is 0 Å². The van der Waals surface area contributed by atoms with Gasteiger partial charge in [-0.05, 0) is 25.5 Å². The molecule has 1 aromatic carbocycles. The molecule has 2 aromatic heterocycles. The molecule has 0 aliphatic heterocycles. The number of aryl methyl sites for hydroxylation is 1. The van der Waals surface area contributed by atoms with Crippen molar-refractivity contribution < 1.29 is 5.11 Å². The number of aliphatic hydroxyl groups is 1. The zero-order chi connectivity index (χ0) is 15.0. The van der Waals surface area contributed by atoms with Crippen LogP contribution in [0.5, 0.6) is 0 Å². The third-order valence-electron chi connectivity index (χ3n) is 3.98. The third-order valence-corrected chi connectivity index (χ3v) is 4.29. The Hall–Kier alpha value is -1.78. The molecule has 0 spiro atoms. The fraction of sp³-hybridized carbons (Fsp3) is 0.312. The van der Waals surface area contributed by atoms with Crippen LogP contribution in [0.3, 0.4) is 0 Å². The van der Waals surface area contributed by atoms with E-state index in [0.29, 0.717) is 13.1 Å². The highest BCUT2D eigenvalue weighted by Gasteiger charge is 2.16. The maximum Gasteiger partial charge on any atom is 0.0946 e. The number of nitrogens with zero attached hydrogens (tertiary/aromatic N) is 3. The largest absolute Gasteiger partial charge is 0.389 e. The van der Waals surface area contributed by atoms with Crippen LogP contribution in [0, 0.1) is 13.8 Å². The number of aliphatic hydroxyl groups excluding tert-OH is 1. The normalized spacial score (nSPS) is 13.0. The summed E-state index contributed by atoms with van der Waals surface area (Å²) in [7, 11) is 0. The van der Waals surface area contributed by atoms with Gasteiger partial charge in [-0.25, -0.2) is 4.98 Å². The summed E-state index contributed by atoms with van der Waals surface area (Å²) >= 11 is 6.36. The van der Waals surface area contributed by atoms with Crippen molar-refractivity contribution >= 4 is 22.5 Å². The van der Waals surface area contributed by atoms with E-state index in [2.05, 4.69) is 29.5 Å². The molecule has 5 heteroatoms. The van der Waals surface area contributed by atoms with Crippen LogP contribution in [0.2, 0.25) is 5.02 Å². The average molecular weight is 304 g/mol. The molecule has 21 heavy (non-hydrogen) atoms. The van der Waals surface area contributed by atoms with Gasteiger partial charge in [0.1, 0.15) is 0 Å². The molecule has 0 aliphatic rings. The predicted molar refractivity (Wildman–Crippen MR) is 84.7 cm³/mol. The van der Waals surface area contributed by atoms with Crippen molar-refractivity contribution in [2.45, 2.75) is 33.0 Å². The van der Waals surface area contributed by atoms with Gasteiger partial charge in [0, 0.05) is 23.5 Å². The van der Waals surface area contributed by atoms with Crippen molar-refractivity contribution in [2.24, 2.45) is 0 Å². The average Bonchev–Trinajstić information content (AvgIpc) is 3.03. The highest BCUT2D eigenvalue weighted by Crippen LogP contribution is 2.30. The van der Waals surface area contributed by atoms with Crippen LogP contribution in [0.15, 0.2) is 36.9 Å². The Labute approximate surface area is 128 Å². The van der Waals surface area contributed by atoms with Gasteiger partial charge in [0.05, 0.1) is 36.1 Å². The van der Waals surface area contributed by atoms with E-state index < -0.39 is 6.10 Å². The molecule has 0 saturated carbocycles. The van der Waals surface area contributed by atoms with E-state index in [1.165, 1.54) is 5.56 Å². The molecule has 2 heterocycles. The van der Waals surface area contributed by atoms with Crippen molar-refractivity contribution in [1.82, 2.24) is 14.1 Å². The van der Waals surface area contributed by atoms with Crippen LogP contribution in [-0.4, -0.2) is 25.3 Å². The summed E-state index contributed by atoms with van der Waals surface area (Å²) in [6.07, 6.45) is 4.78. The number of halogens is 1. The molecule has 0 bridgehead atoms. The lowest BCUT2D eigenvalue weighted by atomic mass is 10.2. The summed E-state index contributed by atoms with van der Waals surface area (Å²) in [5.74, 6) is 0. The summed E-state index contributed by atoms with van der Waals surface area (Å²) in [4.78, 5) is 3.99. The Morgan fingerprint density at radius 3 is 2.81 bits per heavy atom. The van der Waals surface area contributed by atoms with Crippen LogP contribution in [0.25, 0.3) is 10.9 Å². The summed E-state index contributed by atoms with van der Waals surface area (Å²) in [6.45, 7) is 5.18. The molecule has 0 amide bonds. The fourth-order valence-electron chi connectivity index (χ4n) is 2.79.